The average Bonchev–Trinajstić information content (AvgIpc) is 2.33. The number of halogens is 1. The lowest BCUT2D eigenvalue weighted by molar-refractivity contribution is -0.131. The molecule has 0 spiro atoms. The number of hydrogen-bond acceptors (Lipinski definition) is 3. The van der Waals surface area contributed by atoms with Gasteiger partial charge in [0, 0.05) is 31.9 Å². The van der Waals surface area contributed by atoms with Crippen LogP contribution in [0.15, 0.2) is 18.3 Å². The highest BCUT2D eigenvalue weighted by Crippen LogP contribution is 2.02. The molecule has 5 heteroatoms. The molecule has 0 unspecified atom stereocenters. The molecule has 2 heterocycles. The number of carbonyl (C=O) groups is 1. The van der Waals surface area contributed by atoms with Crippen LogP contribution in [-0.2, 0) is 11.2 Å². The van der Waals surface area contributed by atoms with Crippen LogP contribution in [0.2, 0.25) is 0 Å². The molecule has 1 saturated heterocycles. The molecule has 1 N–H and O–H groups in total. The summed E-state index contributed by atoms with van der Waals surface area (Å²) in [6, 6.07) is 2.88. The third-order valence-electron chi connectivity index (χ3n) is 2.59. The maximum absolute atomic E-state index is 12.6. The average molecular weight is 223 g/mol. The van der Waals surface area contributed by atoms with E-state index in [2.05, 4.69) is 10.3 Å². The van der Waals surface area contributed by atoms with Gasteiger partial charge in [-0.1, -0.05) is 0 Å². The predicted molar refractivity (Wildman–Crippen MR) is 57.3 cm³/mol. The Kier molecular flexibility index (Phi) is 3.46. The molecule has 0 atom stereocenters. The zero-order chi connectivity index (χ0) is 11.4. The molecule has 1 fully saturated rings. The fraction of sp³-hybridized carbons (Fsp3) is 0.455. The van der Waals surface area contributed by atoms with E-state index in [1.54, 1.807) is 6.07 Å². The number of piperazine rings is 1. The first-order valence-electron chi connectivity index (χ1n) is 5.34. The summed E-state index contributed by atoms with van der Waals surface area (Å²) in [5.41, 5.74) is 0.616. The van der Waals surface area contributed by atoms with E-state index in [9.17, 15) is 9.18 Å². The standard InChI is InChI=1S/C11H14FN3O/c12-9-1-2-10(14-8-9)7-11(16)15-5-3-13-4-6-15/h1-2,8,13H,3-7H2. The molecule has 0 saturated carbocycles. The van der Waals surface area contributed by atoms with Crippen LogP contribution in [0.1, 0.15) is 5.69 Å². The molecular weight excluding hydrogens is 209 g/mol. The van der Waals surface area contributed by atoms with Gasteiger partial charge < -0.3 is 10.2 Å². The van der Waals surface area contributed by atoms with Crippen LogP contribution in [0, 0.1) is 5.82 Å². The van der Waals surface area contributed by atoms with Crippen molar-refractivity contribution in [2.75, 3.05) is 26.2 Å². The van der Waals surface area contributed by atoms with Gasteiger partial charge in [0.05, 0.1) is 12.6 Å². The fourth-order valence-corrected chi connectivity index (χ4v) is 1.69. The molecule has 1 aromatic heterocycles. The minimum atomic E-state index is -0.377. The second kappa shape index (κ2) is 5.03. The predicted octanol–water partition coefficient (Wildman–Crippen LogP) is 0.195. The van der Waals surface area contributed by atoms with Gasteiger partial charge in [-0.3, -0.25) is 9.78 Å². The second-order valence-corrected chi connectivity index (χ2v) is 3.78. The van der Waals surface area contributed by atoms with Crippen molar-refractivity contribution in [3.8, 4) is 0 Å². The summed E-state index contributed by atoms with van der Waals surface area (Å²) < 4.78 is 12.6. The number of nitrogens with zero attached hydrogens (tertiary/aromatic N) is 2. The van der Waals surface area contributed by atoms with Crippen molar-refractivity contribution in [1.82, 2.24) is 15.2 Å². The Balaban J connectivity index is 1.93. The summed E-state index contributed by atoms with van der Waals surface area (Å²) in [7, 11) is 0. The van der Waals surface area contributed by atoms with E-state index >= 15 is 0 Å². The van der Waals surface area contributed by atoms with E-state index in [0.717, 1.165) is 32.4 Å². The topological polar surface area (TPSA) is 45.2 Å². The Hall–Kier alpha value is -1.49. The van der Waals surface area contributed by atoms with E-state index in [1.807, 2.05) is 4.90 Å². The van der Waals surface area contributed by atoms with Gasteiger partial charge in [0.15, 0.2) is 0 Å². The lowest BCUT2D eigenvalue weighted by Crippen LogP contribution is -2.47. The van der Waals surface area contributed by atoms with Crippen LogP contribution in [0.5, 0.6) is 0 Å². The van der Waals surface area contributed by atoms with E-state index in [-0.39, 0.29) is 18.1 Å². The minimum absolute atomic E-state index is 0.0561. The van der Waals surface area contributed by atoms with Gasteiger partial charge in [-0.2, -0.15) is 0 Å². The Morgan fingerprint density at radius 2 is 2.19 bits per heavy atom. The summed E-state index contributed by atoms with van der Waals surface area (Å²) in [6.45, 7) is 3.14. The molecule has 1 aromatic rings. The van der Waals surface area contributed by atoms with Gasteiger partial charge in [-0.25, -0.2) is 4.39 Å². The van der Waals surface area contributed by atoms with Gasteiger partial charge in [0.25, 0.3) is 0 Å². The molecule has 1 aliphatic heterocycles. The SMILES string of the molecule is O=C(Cc1ccc(F)cn1)N1CCNCC1. The molecule has 0 bridgehead atoms. The van der Waals surface area contributed by atoms with E-state index in [4.69, 9.17) is 0 Å². The molecule has 86 valence electrons. The van der Waals surface area contributed by atoms with Gasteiger partial charge in [0.2, 0.25) is 5.91 Å². The van der Waals surface area contributed by atoms with Crippen LogP contribution >= 0.6 is 0 Å². The molecule has 1 aliphatic rings. The van der Waals surface area contributed by atoms with Crippen LogP contribution in [0.3, 0.4) is 0 Å². The quantitative estimate of drug-likeness (QED) is 0.778. The van der Waals surface area contributed by atoms with Crippen molar-refractivity contribution in [3.05, 3.63) is 29.8 Å². The van der Waals surface area contributed by atoms with Crippen LogP contribution < -0.4 is 5.32 Å². The Labute approximate surface area is 93.5 Å². The number of nitrogens with one attached hydrogen (secondary N) is 1. The normalized spacial score (nSPS) is 16.2. The molecular formula is C11H14FN3O. The summed E-state index contributed by atoms with van der Waals surface area (Å²) in [4.78, 5) is 17.5. The van der Waals surface area contributed by atoms with Gasteiger partial charge in [0.1, 0.15) is 5.82 Å². The summed E-state index contributed by atoms with van der Waals surface area (Å²) >= 11 is 0. The van der Waals surface area contributed by atoms with E-state index in [0.29, 0.717) is 5.69 Å². The molecule has 0 aromatic carbocycles. The van der Waals surface area contributed by atoms with Crippen molar-refractivity contribution in [2.24, 2.45) is 0 Å². The Morgan fingerprint density at radius 1 is 1.44 bits per heavy atom. The smallest absolute Gasteiger partial charge is 0.228 e. The van der Waals surface area contributed by atoms with Crippen LogP contribution in [0.25, 0.3) is 0 Å². The molecule has 2 rings (SSSR count). The number of aromatic nitrogens is 1. The number of amides is 1. The largest absolute Gasteiger partial charge is 0.340 e. The zero-order valence-electron chi connectivity index (χ0n) is 8.95. The van der Waals surface area contributed by atoms with Gasteiger partial charge in [-0.05, 0) is 12.1 Å². The van der Waals surface area contributed by atoms with Crippen molar-refractivity contribution in [2.45, 2.75) is 6.42 Å². The van der Waals surface area contributed by atoms with Gasteiger partial charge >= 0.3 is 0 Å². The van der Waals surface area contributed by atoms with Crippen molar-refractivity contribution in [3.63, 3.8) is 0 Å². The minimum Gasteiger partial charge on any atom is -0.340 e. The maximum atomic E-state index is 12.6. The number of rotatable bonds is 2. The fourth-order valence-electron chi connectivity index (χ4n) is 1.69. The molecule has 4 nitrogen and oxygen atoms in total. The van der Waals surface area contributed by atoms with E-state index < -0.39 is 0 Å². The molecule has 16 heavy (non-hydrogen) atoms. The third kappa shape index (κ3) is 2.76. The second-order valence-electron chi connectivity index (χ2n) is 3.78. The van der Waals surface area contributed by atoms with Gasteiger partial charge in [-0.15, -0.1) is 0 Å². The summed E-state index contributed by atoms with van der Waals surface area (Å²) in [5, 5.41) is 3.18. The Bertz CT molecular complexity index is 360. The first-order chi connectivity index (χ1) is 7.75. The highest BCUT2D eigenvalue weighted by Gasteiger charge is 2.16. The van der Waals surface area contributed by atoms with Crippen LogP contribution in [0.4, 0.5) is 4.39 Å². The monoisotopic (exact) mass is 223 g/mol. The number of pyridine rings is 1. The first kappa shape index (κ1) is 11.0. The van der Waals surface area contributed by atoms with Crippen molar-refractivity contribution in [1.29, 1.82) is 0 Å². The Morgan fingerprint density at radius 3 is 2.81 bits per heavy atom. The maximum Gasteiger partial charge on any atom is 0.228 e. The summed E-state index contributed by atoms with van der Waals surface area (Å²) in [5.74, 6) is -0.320. The highest BCUT2D eigenvalue weighted by atomic mass is 19.1. The summed E-state index contributed by atoms with van der Waals surface area (Å²) in [6.07, 6.45) is 1.39. The number of carbonyl (C=O) groups excluding carboxylic acids is 1. The van der Waals surface area contributed by atoms with E-state index in [1.165, 1.54) is 6.07 Å². The lowest BCUT2D eigenvalue weighted by Gasteiger charge is -2.27. The van der Waals surface area contributed by atoms with Crippen LogP contribution in [-0.4, -0.2) is 42.0 Å². The highest BCUT2D eigenvalue weighted by molar-refractivity contribution is 5.78. The number of hydrogen-bond donors (Lipinski definition) is 1. The third-order valence-corrected chi connectivity index (χ3v) is 2.59. The van der Waals surface area contributed by atoms with Crippen molar-refractivity contribution < 1.29 is 9.18 Å². The lowest BCUT2D eigenvalue weighted by atomic mass is 10.2. The molecule has 0 radical (unpaired) electrons. The zero-order valence-corrected chi connectivity index (χ0v) is 8.95. The molecule has 1 amide bonds. The first-order valence-corrected chi connectivity index (χ1v) is 5.34. The van der Waals surface area contributed by atoms with Crippen molar-refractivity contribution >= 4 is 5.91 Å². The molecule has 0 aliphatic carbocycles.